The quantitative estimate of drug-likeness (QED) is 0.306. The number of benzene rings is 2. The number of hydrogen-bond donors (Lipinski definition) is 1. The monoisotopic (exact) mass is 557 g/mol. The van der Waals surface area contributed by atoms with Crippen molar-refractivity contribution in [2.24, 2.45) is 7.05 Å². The van der Waals surface area contributed by atoms with Gasteiger partial charge in [0, 0.05) is 30.3 Å². The first-order chi connectivity index (χ1) is 18.7. The molecule has 0 aliphatic heterocycles. The van der Waals surface area contributed by atoms with Gasteiger partial charge in [0.1, 0.15) is 12.1 Å². The Morgan fingerprint density at radius 3 is 2.49 bits per heavy atom. The van der Waals surface area contributed by atoms with E-state index in [-0.39, 0.29) is 28.9 Å². The van der Waals surface area contributed by atoms with Crippen LogP contribution < -0.4 is 16.7 Å². The Labute approximate surface area is 222 Å². The predicted octanol–water partition coefficient (Wildman–Crippen LogP) is 3.13. The number of halogens is 4. The fraction of sp³-hybridized carbons (Fsp3) is 0.250. The number of aryl methyl sites for hydroxylation is 1. The van der Waals surface area contributed by atoms with E-state index in [1.807, 2.05) is 10.9 Å². The van der Waals surface area contributed by atoms with Gasteiger partial charge in [-0.1, -0.05) is 11.6 Å². The molecule has 0 spiro atoms. The Kier molecular flexibility index (Phi) is 5.98. The summed E-state index contributed by atoms with van der Waals surface area (Å²) in [5.74, 6) is -3.88. The number of nitrogens with zero attached hydrogens (tertiary/aromatic N) is 8. The van der Waals surface area contributed by atoms with Gasteiger partial charge in [-0.2, -0.15) is 15.2 Å². The maximum absolute atomic E-state index is 14.6. The molecule has 0 atom stereocenters. The molecule has 0 unspecified atom stereocenters. The van der Waals surface area contributed by atoms with Crippen molar-refractivity contribution in [1.82, 2.24) is 38.7 Å². The third-order valence-corrected chi connectivity index (χ3v) is 6.61. The lowest BCUT2D eigenvalue weighted by molar-refractivity contribution is 0.485. The summed E-state index contributed by atoms with van der Waals surface area (Å²) in [4.78, 5) is 34.4. The second-order valence-corrected chi connectivity index (χ2v) is 9.63. The van der Waals surface area contributed by atoms with Crippen LogP contribution in [-0.2, 0) is 20.1 Å². The average molecular weight is 558 g/mol. The Balaban J connectivity index is 1.45. The van der Waals surface area contributed by atoms with E-state index in [0.29, 0.717) is 29.4 Å². The van der Waals surface area contributed by atoms with Crippen molar-refractivity contribution in [3.63, 3.8) is 0 Å². The van der Waals surface area contributed by atoms with Gasteiger partial charge >= 0.3 is 11.4 Å². The third kappa shape index (κ3) is 4.78. The zero-order valence-electron chi connectivity index (χ0n) is 20.3. The van der Waals surface area contributed by atoms with Gasteiger partial charge in [0.05, 0.1) is 35.4 Å². The summed E-state index contributed by atoms with van der Waals surface area (Å²) in [5.41, 5.74) is -1.22. The number of nitrogens with one attached hydrogen (secondary N) is 1. The van der Waals surface area contributed by atoms with Crippen LogP contribution in [0.3, 0.4) is 0 Å². The second-order valence-electron chi connectivity index (χ2n) is 9.22. The molecule has 0 amide bonds. The molecule has 0 bridgehead atoms. The number of fused-ring (bicyclic) bond motifs is 1. The Bertz CT molecular complexity index is 1870. The van der Waals surface area contributed by atoms with Crippen molar-refractivity contribution in [3.05, 3.63) is 91.6 Å². The van der Waals surface area contributed by atoms with Crippen molar-refractivity contribution >= 4 is 34.1 Å². The number of rotatable bonds is 7. The highest BCUT2D eigenvalue weighted by Gasteiger charge is 2.25. The third-order valence-electron chi connectivity index (χ3n) is 6.29. The molecule has 39 heavy (non-hydrogen) atoms. The highest BCUT2D eigenvalue weighted by molar-refractivity contribution is 6.34. The molecule has 2 aromatic carbocycles. The molecule has 3 heterocycles. The van der Waals surface area contributed by atoms with Gasteiger partial charge < -0.3 is 5.32 Å². The van der Waals surface area contributed by atoms with E-state index < -0.39 is 35.4 Å². The normalized spacial score (nSPS) is 13.4. The molecule has 3 aromatic heterocycles. The Hall–Kier alpha value is -4.46. The molecule has 0 radical (unpaired) electrons. The van der Waals surface area contributed by atoms with Crippen LogP contribution in [-0.4, -0.2) is 38.7 Å². The van der Waals surface area contributed by atoms with E-state index in [1.54, 1.807) is 19.2 Å². The maximum Gasteiger partial charge on any atom is 0.355 e. The average Bonchev–Trinajstić information content (AvgIpc) is 3.53. The molecule has 1 fully saturated rings. The summed E-state index contributed by atoms with van der Waals surface area (Å²) in [6, 6.07) is 4.67. The van der Waals surface area contributed by atoms with Crippen molar-refractivity contribution in [1.29, 1.82) is 0 Å². The minimum absolute atomic E-state index is 0.158. The standard InChI is InChI=1S/C24H19ClF3N9O2/c1-34-11-29-21(33-34)10-36-23(38)31-22(35(24(36)39)8-12-4-17(27)18(28)7-16(12)26)30-20-5-13-9-37(14-2-3-14)32-19(13)6-15(20)25/h4-7,9,11,14H,2-3,8,10H2,1H3,(H,30,31,38). The zero-order chi connectivity index (χ0) is 27.4. The van der Waals surface area contributed by atoms with Gasteiger partial charge in [0.25, 0.3) is 0 Å². The summed E-state index contributed by atoms with van der Waals surface area (Å²) in [7, 11) is 1.61. The second kappa shape index (κ2) is 9.38. The van der Waals surface area contributed by atoms with Crippen molar-refractivity contribution in [3.8, 4) is 0 Å². The van der Waals surface area contributed by atoms with Gasteiger partial charge in [0.2, 0.25) is 5.95 Å². The molecule has 1 N–H and O–H groups in total. The number of aromatic nitrogens is 8. The van der Waals surface area contributed by atoms with Crippen LogP contribution >= 0.6 is 11.6 Å². The lowest BCUT2D eigenvalue weighted by atomic mass is 10.2. The lowest BCUT2D eigenvalue weighted by Crippen LogP contribution is -2.43. The fourth-order valence-electron chi connectivity index (χ4n) is 4.16. The topological polar surface area (TPSA) is 117 Å². The maximum atomic E-state index is 14.6. The lowest BCUT2D eigenvalue weighted by Gasteiger charge is -2.16. The molecule has 0 saturated heterocycles. The van der Waals surface area contributed by atoms with Crippen LogP contribution in [0.1, 0.15) is 30.3 Å². The van der Waals surface area contributed by atoms with Gasteiger partial charge in [-0.3, -0.25) is 13.9 Å². The highest BCUT2D eigenvalue weighted by atomic mass is 35.5. The molecule has 6 rings (SSSR count). The zero-order valence-corrected chi connectivity index (χ0v) is 21.0. The summed E-state index contributed by atoms with van der Waals surface area (Å²) in [6.45, 7) is -0.897. The highest BCUT2D eigenvalue weighted by Crippen LogP contribution is 2.36. The van der Waals surface area contributed by atoms with Gasteiger partial charge in [-0.05, 0) is 31.0 Å². The minimum atomic E-state index is -1.38. The largest absolute Gasteiger partial charge is 0.355 e. The first-order valence-electron chi connectivity index (χ1n) is 11.8. The molecular weight excluding hydrogens is 539 g/mol. The van der Waals surface area contributed by atoms with E-state index in [9.17, 15) is 22.8 Å². The summed E-state index contributed by atoms with van der Waals surface area (Å²) >= 11 is 6.47. The van der Waals surface area contributed by atoms with Crippen LogP contribution in [0, 0.1) is 17.5 Å². The van der Waals surface area contributed by atoms with Crippen LogP contribution in [0.2, 0.25) is 5.02 Å². The van der Waals surface area contributed by atoms with Gasteiger partial charge in [0.15, 0.2) is 17.5 Å². The summed E-state index contributed by atoms with van der Waals surface area (Å²) < 4.78 is 47.0. The molecule has 5 aromatic rings. The first-order valence-corrected chi connectivity index (χ1v) is 12.2. The van der Waals surface area contributed by atoms with Crippen molar-refractivity contribution in [2.45, 2.75) is 32.0 Å². The van der Waals surface area contributed by atoms with E-state index >= 15 is 0 Å². The molecule has 15 heteroatoms. The molecular formula is C24H19ClF3N9O2. The van der Waals surface area contributed by atoms with Gasteiger partial charge in [-0.15, -0.1) is 0 Å². The SMILES string of the molecule is Cn1cnc(Cn2c(=O)nc(Nc3cc4cn(C5CC5)nc4cc3Cl)n(Cc3cc(F)c(F)cc3F)c2=O)n1. The Morgan fingerprint density at radius 1 is 1.00 bits per heavy atom. The van der Waals surface area contributed by atoms with E-state index in [1.165, 1.54) is 11.0 Å². The fourth-order valence-corrected chi connectivity index (χ4v) is 4.37. The summed E-state index contributed by atoms with van der Waals surface area (Å²) in [5, 5.41) is 12.4. The first kappa shape index (κ1) is 24.9. The molecule has 200 valence electrons. The van der Waals surface area contributed by atoms with Crippen molar-refractivity contribution < 1.29 is 13.2 Å². The number of hydrogen-bond acceptors (Lipinski definition) is 7. The summed E-state index contributed by atoms with van der Waals surface area (Å²) in [6.07, 6.45) is 5.33. The predicted molar refractivity (Wildman–Crippen MR) is 135 cm³/mol. The van der Waals surface area contributed by atoms with Crippen LogP contribution in [0.25, 0.3) is 10.9 Å². The van der Waals surface area contributed by atoms with E-state index in [4.69, 9.17) is 11.6 Å². The Morgan fingerprint density at radius 2 is 1.77 bits per heavy atom. The molecule has 1 saturated carbocycles. The van der Waals surface area contributed by atoms with E-state index in [2.05, 4.69) is 25.5 Å². The van der Waals surface area contributed by atoms with Crippen LogP contribution in [0.15, 0.2) is 46.4 Å². The van der Waals surface area contributed by atoms with E-state index in [0.717, 1.165) is 27.4 Å². The van der Waals surface area contributed by atoms with Crippen molar-refractivity contribution in [2.75, 3.05) is 5.32 Å². The van der Waals surface area contributed by atoms with Crippen LogP contribution in [0.5, 0.6) is 0 Å². The molecule has 11 nitrogen and oxygen atoms in total. The minimum Gasteiger partial charge on any atom is -0.324 e. The van der Waals surface area contributed by atoms with Gasteiger partial charge in [-0.25, -0.2) is 32.3 Å². The molecule has 1 aliphatic rings. The van der Waals surface area contributed by atoms with Crippen LogP contribution in [0.4, 0.5) is 24.8 Å². The smallest absolute Gasteiger partial charge is 0.324 e. The molecule has 1 aliphatic carbocycles. The number of anilines is 2.